The van der Waals surface area contributed by atoms with Crippen molar-refractivity contribution in [2.75, 3.05) is 37.9 Å². The van der Waals surface area contributed by atoms with Crippen molar-refractivity contribution >= 4 is 35.6 Å². The summed E-state index contributed by atoms with van der Waals surface area (Å²) in [4.78, 5) is 0. The summed E-state index contributed by atoms with van der Waals surface area (Å²) in [5, 5.41) is 6.53. The second-order valence-electron chi connectivity index (χ2n) is 2.94. The third kappa shape index (κ3) is 15.3. The molecule has 0 aromatic heterocycles. The molecule has 2 nitrogen and oxygen atoms in total. The standard InChI is InChI=1S/C9H20Cl2N2.ClH/c10-4-8-12-6-2-1-3-7-13-9-5-11;/h12-13H,1-9H2;1H. The molecule has 0 aromatic carbocycles. The van der Waals surface area contributed by atoms with Crippen LogP contribution in [0.3, 0.4) is 0 Å². The van der Waals surface area contributed by atoms with Gasteiger partial charge in [0.25, 0.3) is 0 Å². The van der Waals surface area contributed by atoms with Gasteiger partial charge in [-0.2, -0.15) is 0 Å². The van der Waals surface area contributed by atoms with E-state index < -0.39 is 0 Å². The second kappa shape index (κ2) is 16.2. The zero-order valence-electron chi connectivity index (χ0n) is 8.53. The van der Waals surface area contributed by atoms with Gasteiger partial charge in [-0.1, -0.05) is 6.42 Å². The summed E-state index contributed by atoms with van der Waals surface area (Å²) in [6.45, 7) is 4.02. The summed E-state index contributed by atoms with van der Waals surface area (Å²) in [5.74, 6) is 1.41. The molecule has 0 aliphatic heterocycles. The average Bonchev–Trinajstić information content (AvgIpc) is 2.16. The first-order valence-corrected chi connectivity index (χ1v) is 6.02. The van der Waals surface area contributed by atoms with Gasteiger partial charge in [0, 0.05) is 24.8 Å². The summed E-state index contributed by atoms with van der Waals surface area (Å²) >= 11 is 11.0. The van der Waals surface area contributed by atoms with Crippen LogP contribution < -0.4 is 10.6 Å². The largest absolute Gasteiger partial charge is 0.316 e. The predicted molar refractivity (Wildman–Crippen MR) is 68.3 cm³/mol. The van der Waals surface area contributed by atoms with Crippen molar-refractivity contribution in [3.05, 3.63) is 0 Å². The molecule has 0 bridgehead atoms. The molecule has 5 heteroatoms. The van der Waals surface area contributed by atoms with E-state index in [1.54, 1.807) is 0 Å². The maximum Gasteiger partial charge on any atom is 0.0348 e. The first kappa shape index (κ1) is 17.2. The predicted octanol–water partition coefficient (Wildman–Crippen LogP) is 2.24. The van der Waals surface area contributed by atoms with Crippen LogP contribution in [-0.4, -0.2) is 37.9 Å². The molecule has 0 rings (SSSR count). The number of rotatable bonds is 10. The van der Waals surface area contributed by atoms with Crippen molar-refractivity contribution in [3.63, 3.8) is 0 Å². The first-order valence-electron chi connectivity index (χ1n) is 4.95. The van der Waals surface area contributed by atoms with E-state index in [-0.39, 0.29) is 12.4 Å². The minimum absolute atomic E-state index is 0. The molecule has 2 N–H and O–H groups in total. The SMILES string of the molecule is Cl.ClCCNCCCCCNCCCl. The Morgan fingerprint density at radius 3 is 1.43 bits per heavy atom. The number of alkyl halides is 2. The van der Waals surface area contributed by atoms with Crippen LogP contribution >= 0.6 is 35.6 Å². The molecule has 0 aromatic rings. The van der Waals surface area contributed by atoms with Crippen molar-refractivity contribution in [2.45, 2.75) is 19.3 Å². The molecule has 0 spiro atoms. The van der Waals surface area contributed by atoms with Crippen LogP contribution in [0.25, 0.3) is 0 Å². The topological polar surface area (TPSA) is 24.1 Å². The molecule has 0 heterocycles. The molecule has 14 heavy (non-hydrogen) atoms. The fourth-order valence-corrected chi connectivity index (χ4v) is 1.33. The van der Waals surface area contributed by atoms with Gasteiger partial charge in [0.15, 0.2) is 0 Å². The number of halogens is 3. The van der Waals surface area contributed by atoms with Gasteiger partial charge in [0.2, 0.25) is 0 Å². The van der Waals surface area contributed by atoms with Gasteiger partial charge in [-0.15, -0.1) is 35.6 Å². The van der Waals surface area contributed by atoms with Gasteiger partial charge >= 0.3 is 0 Å². The normalized spacial score (nSPS) is 9.86. The molecule has 0 saturated carbocycles. The highest BCUT2D eigenvalue weighted by Gasteiger charge is 1.89. The summed E-state index contributed by atoms with van der Waals surface area (Å²) in [5.41, 5.74) is 0. The fourth-order valence-electron chi connectivity index (χ4n) is 1.06. The van der Waals surface area contributed by atoms with Gasteiger partial charge in [-0.05, 0) is 25.9 Å². The summed E-state index contributed by atoms with van der Waals surface area (Å²) in [6.07, 6.45) is 3.74. The number of unbranched alkanes of at least 4 members (excludes halogenated alkanes) is 2. The number of nitrogens with one attached hydrogen (secondary N) is 2. The van der Waals surface area contributed by atoms with Crippen molar-refractivity contribution < 1.29 is 0 Å². The highest BCUT2D eigenvalue weighted by Crippen LogP contribution is 1.92. The average molecular weight is 264 g/mol. The lowest BCUT2D eigenvalue weighted by Gasteiger charge is -2.03. The van der Waals surface area contributed by atoms with Crippen molar-refractivity contribution in [2.24, 2.45) is 0 Å². The van der Waals surface area contributed by atoms with Gasteiger partial charge in [0.1, 0.15) is 0 Å². The van der Waals surface area contributed by atoms with E-state index in [0.717, 1.165) is 26.2 Å². The molecule has 0 amide bonds. The molecule has 88 valence electrons. The van der Waals surface area contributed by atoms with Crippen LogP contribution in [0.15, 0.2) is 0 Å². The lowest BCUT2D eigenvalue weighted by atomic mass is 10.2. The zero-order valence-corrected chi connectivity index (χ0v) is 10.9. The molecule has 0 unspecified atom stereocenters. The second-order valence-corrected chi connectivity index (χ2v) is 3.69. The highest BCUT2D eigenvalue weighted by atomic mass is 35.5. The lowest BCUT2D eigenvalue weighted by Crippen LogP contribution is -2.19. The summed E-state index contributed by atoms with van der Waals surface area (Å²) in [6, 6.07) is 0. The van der Waals surface area contributed by atoms with E-state index in [1.807, 2.05) is 0 Å². The quantitative estimate of drug-likeness (QED) is 0.467. The zero-order chi connectivity index (χ0) is 9.78. The van der Waals surface area contributed by atoms with Crippen LogP contribution in [0.4, 0.5) is 0 Å². The van der Waals surface area contributed by atoms with Gasteiger partial charge in [0.05, 0.1) is 0 Å². The lowest BCUT2D eigenvalue weighted by molar-refractivity contribution is 0.589. The smallest absolute Gasteiger partial charge is 0.0348 e. The summed E-state index contributed by atoms with van der Waals surface area (Å²) in [7, 11) is 0. The van der Waals surface area contributed by atoms with Crippen molar-refractivity contribution in [1.29, 1.82) is 0 Å². The van der Waals surface area contributed by atoms with E-state index in [2.05, 4.69) is 10.6 Å². The Hall–Kier alpha value is 0.790. The first-order chi connectivity index (χ1) is 6.41. The van der Waals surface area contributed by atoms with Crippen LogP contribution in [0.2, 0.25) is 0 Å². The monoisotopic (exact) mass is 262 g/mol. The van der Waals surface area contributed by atoms with Gasteiger partial charge < -0.3 is 10.6 Å². The van der Waals surface area contributed by atoms with Crippen molar-refractivity contribution in [3.8, 4) is 0 Å². The Labute approximate surface area is 104 Å². The van der Waals surface area contributed by atoms with E-state index in [4.69, 9.17) is 23.2 Å². The van der Waals surface area contributed by atoms with Gasteiger partial charge in [-0.3, -0.25) is 0 Å². The minimum Gasteiger partial charge on any atom is -0.316 e. The maximum atomic E-state index is 5.51. The van der Waals surface area contributed by atoms with E-state index in [0.29, 0.717) is 11.8 Å². The number of hydrogen-bond donors (Lipinski definition) is 2. The van der Waals surface area contributed by atoms with Crippen LogP contribution in [0.1, 0.15) is 19.3 Å². The molecule has 0 radical (unpaired) electrons. The molecule has 0 aliphatic carbocycles. The van der Waals surface area contributed by atoms with Crippen LogP contribution in [0, 0.1) is 0 Å². The Morgan fingerprint density at radius 2 is 1.07 bits per heavy atom. The molecule has 0 aliphatic rings. The van der Waals surface area contributed by atoms with E-state index >= 15 is 0 Å². The Kier molecular flexibility index (Phi) is 19.9. The number of hydrogen-bond acceptors (Lipinski definition) is 2. The highest BCUT2D eigenvalue weighted by molar-refractivity contribution is 6.18. The molecule has 0 atom stereocenters. The molecule has 0 saturated heterocycles. The van der Waals surface area contributed by atoms with Crippen molar-refractivity contribution in [1.82, 2.24) is 10.6 Å². The fraction of sp³-hybridized carbons (Fsp3) is 1.00. The Balaban J connectivity index is 0. The minimum atomic E-state index is 0. The Morgan fingerprint density at radius 1 is 0.643 bits per heavy atom. The summed E-state index contributed by atoms with van der Waals surface area (Å²) < 4.78 is 0. The molecule has 0 fully saturated rings. The molecular formula is C9H21Cl3N2. The third-order valence-electron chi connectivity index (χ3n) is 1.75. The molecular weight excluding hydrogens is 242 g/mol. The van der Waals surface area contributed by atoms with E-state index in [1.165, 1.54) is 19.3 Å². The van der Waals surface area contributed by atoms with Gasteiger partial charge in [-0.25, -0.2) is 0 Å². The Bertz CT molecular complexity index is 84.1. The van der Waals surface area contributed by atoms with E-state index in [9.17, 15) is 0 Å². The van der Waals surface area contributed by atoms with Crippen LogP contribution in [0.5, 0.6) is 0 Å². The maximum absolute atomic E-state index is 5.51. The third-order valence-corrected chi connectivity index (χ3v) is 2.13. The van der Waals surface area contributed by atoms with Crippen LogP contribution in [-0.2, 0) is 0 Å².